The first-order valence-electron chi connectivity index (χ1n) is 3.78. The lowest BCUT2D eigenvalue weighted by Gasteiger charge is -2.08. The van der Waals surface area contributed by atoms with Gasteiger partial charge in [-0.05, 0) is 12.7 Å². The summed E-state index contributed by atoms with van der Waals surface area (Å²) in [5, 5.41) is 20.0. The predicted molar refractivity (Wildman–Crippen MR) is 49.1 cm³/mol. The van der Waals surface area contributed by atoms with E-state index in [0.717, 1.165) is 0 Å². The van der Waals surface area contributed by atoms with Gasteiger partial charge in [-0.15, -0.1) is 0 Å². The molecule has 0 aromatic heterocycles. The van der Waals surface area contributed by atoms with Gasteiger partial charge in [-0.2, -0.15) is 11.8 Å². The number of nitrogens with one attached hydrogen (secondary N) is 1. The van der Waals surface area contributed by atoms with E-state index in [-0.39, 0.29) is 12.5 Å². The van der Waals surface area contributed by atoms with Gasteiger partial charge in [0.05, 0.1) is 0 Å². The molecule has 0 saturated carbocycles. The molecule has 0 heterocycles. The SMILES string of the molecule is CSCC(O)C(=O)NCCCO. The minimum Gasteiger partial charge on any atom is -0.396 e. The van der Waals surface area contributed by atoms with E-state index < -0.39 is 6.10 Å². The van der Waals surface area contributed by atoms with Crippen molar-refractivity contribution < 1.29 is 15.0 Å². The number of amides is 1. The third-order valence-electron chi connectivity index (χ3n) is 1.26. The summed E-state index contributed by atoms with van der Waals surface area (Å²) in [6.07, 6.45) is 1.42. The highest BCUT2D eigenvalue weighted by molar-refractivity contribution is 7.98. The van der Waals surface area contributed by atoms with Crippen LogP contribution >= 0.6 is 11.8 Å². The molecule has 0 rings (SSSR count). The first-order valence-corrected chi connectivity index (χ1v) is 5.17. The average molecular weight is 193 g/mol. The normalized spacial score (nSPS) is 12.6. The molecule has 72 valence electrons. The summed E-state index contributed by atoms with van der Waals surface area (Å²) < 4.78 is 0. The Labute approximate surface area is 76.4 Å². The Balaban J connectivity index is 3.43. The Bertz CT molecular complexity index is 132. The molecule has 1 amide bonds. The lowest BCUT2D eigenvalue weighted by molar-refractivity contribution is -0.128. The number of carbonyl (C=O) groups excluding carboxylic acids is 1. The van der Waals surface area contributed by atoms with Crippen LogP contribution in [0, 0.1) is 0 Å². The standard InChI is InChI=1S/C7H15NO3S/c1-12-5-6(10)7(11)8-3-2-4-9/h6,9-10H,2-5H2,1H3,(H,8,11). The number of rotatable bonds is 6. The minimum atomic E-state index is -0.932. The smallest absolute Gasteiger partial charge is 0.249 e. The molecule has 0 aromatic carbocycles. The lowest BCUT2D eigenvalue weighted by atomic mass is 10.3. The van der Waals surface area contributed by atoms with Crippen molar-refractivity contribution in [3.63, 3.8) is 0 Å². The summed E-state index contributed by atoms with van der Waals surface area (Å²) in [4.78, 5) is 11.0. The Morgan fingerprint density at radius 1 is 1.67 bits per heavy atom. The van der Waals surface area contributed by atoms with Crippen LogP contribution in [0.25, 0.3) is 0 Å². The maximum atomic E-state index is 11.0. The van der Waals surface area contributed by atoms with Crippen LogP contribution in [0.2, 0.25) is 0 Å². The molecule has 4 nitrogen and oxygen atoms in total. The van der Waals surface area contributed by atoms with Crippen LogP contribution < -0.4 is 5.32 Å². The molecular formula is C7H15NO3S. The topological polar surface area (TPSA) is 69.6 Å². The van der Waals surface area contributed by atoms with Gasteiger partial charge in [0.25, 0.3) is 0 Å². The van der Waals surface area contributed by atoms with E-state index in [2.05, 4.69) is 5.32 Å². The van der Waals surface area contributed by atoms with Crippen LogP contribution in [0.3, 0.4) is 0 Å². The van der Waals surface area contributed by atoms with Gasteiger partial charge < -0.3 is 15.5 Å². The zero-order valence-corrected chi connectivity index (χ0v) is 7.93. The zero-order chi connectivity index (χ0) is 9.40. The molecule has 0 aliphatic carbocycles. The Hall–Kier alpha value is -0.260. The van der Waals surface area contributed by atoms with Crippen molar-refractivity contribution in [2.75, 3.05) is 25.2 Å². The fraction of sp³-hybridized carbons (Fsp3) is 0.857. The third-order valence-corrected chi connectivity index (χ3v) is 1.91. The van der Waals surface area contributed by atoms with Crippen molar-refractivity contribution in [2.24, 2.45) is 0 Å². The number of hydrogen-bond donors (Lipinski definition) is 3. The van der Waals surface area contributed by atoms with E-state index in [1.54, 1.807) is 0 Å². The minimum absolute atomic E-state index is 0.0545. The number of thioether (sulfide) groups is 1. The summed E-state index contributed by atoms with van der Waals surface area (Å²) in [5.41, 5.74) is 0. The molecule has 0 aromatic rings. The van der Waals surface area contributed by atoms with E-state index >= 15 is 0 Å². The Morgan fingerprint density at radius 2 is 2.33 bits per heavy atom. The van der Waals surface area contributed by atoms with Gasteiger partial charge in [0.1, 0.15) is 6.10 Å². The van der Waals surface area contributed by atoms with Crippen molar-refractivity contribution in [1.82, 2.24) is 5.32 Å². The maximum absolute atomic E-state index is 11.0. The van der Waals surface area contributed by atoms with E-state index in [1.807, 2.05) is 6.26 Å². The monoisotopic (exact) mass is 193 g/mol. The van der Waals surface area contributed by atoms with E-state index in [1.165, 1.54) is 11.8 Å². The first-order chi connectivity index (χ1) is 5.72. The number of hydrogen-bond acceptors (Lipinski definition) is 4. The third kappa shape index (κ3) is 5.40. The molecule has 0 aliphatic heterocycles. The van der Waals surface area contributed by atoms with Crippen molar-refractivity contribution in [3.8, 4) is 0 Å². The molecule has 0 radical (unpaired) electrons. The average Bonchev–Trinajstić information content (AvgIpc) is 2.05. The van der Waals surface area contributed by atoms with Gasteiger partial charge in [0.15, 0.2) is 0 Å². The highest BCUT2D eigenvalue weighted by Gasteiger charge is 2.12. The van der Waals surface area contributed by atoms with E-state index in [4.69, 9.17) is 10.2 Å². The highest BCUT2D eigenvalue weighted by Crippen LogP contribution is 1.96. The van der Waals surface area contributed by atoms with Crippen molar-refractivity contribution in [2.45, 2.75) is 12.5 Å². The predicted octanol–water partition coefficient (Wildman–Crippen LogP) is -0.791. The van der Waals surface area contributed by atoms with Crippen LogP contribution in [0.15, 0.2) is 0 Å². The molecule has 1 atom stereocenters. The number of carbonyl (C=O) groups is 1. The van der Waals surface area contributed by atoms with E-state index in [9.17, 15) is 4.79 Å². The molecule has 0 saturated heterocycles. The first kappa shape index (κ1) is 11.7. The fourth-order valence-corrected chi connectivity index (χ4v) is 1.11. The van der Waals surface area contributed by atoms with Gasteiger partial charge in [0, 0.05) is 18.9 Å². The molecule has 0 bridgehead atoms. The molecule has 5 heteroatoms. The van der Waals surface area contributed by atoms with Gasteiger partial charge >= 0.3 is 0 Å². The Kier molecular flexibility index (Phi) is 7.23. The fourth-order valence-electron chi connectivity index (χ4n) is 0.642. The second kappa shape index (κ2) is 7.39. The Morgan fingerprint density at radius 3 is 2.83 bits per heavy atom. The molecule has 1 unspecified atom stereocenters. The van der Waals surface area contributed by atoms with Gasteiger partial charge in [-0.1, -0.05) is 0 Å². The van der Waals surface area contributed by atoms with Crippen LogP contribution in [0.4, 0.5) is 0 Å². The van der Waals surface area contributed by atoms with Gasteiger partial charge in [0.2, 0.25) is 5.91 Å². The summed E-state index contributed by atoms with van der Waals surface area (Å²) >= 11 is 1.42. The van der Waals surface area contributed by atoms with E-state index in [0.29, 0.717) is 18.7 Å². The summed E-state index contributed by atoms with van der Waals surface area (Å²) in [7, 11) is 0. The highest BCUT2D eigenvalue weighted by atomic mass is 32.2. The van der Waals surface area contributed by atoms with Gasteiger partial charge in [-0.3, -0.25) is 4.79 Å². The van der Waals surface area contributed by atoms with Crippen molar-refractivity contribution in [1.29, 1.82) is 0 Å². The molecule has 0 spiro atoms. The quantitative estimate of drug-likeness (QED) is 0.483. The zero-order valence-electron chi connectivity index (χ0n) is 7.12. The summed E-state index contributed by atoms with van der Waals surface area (Å²) in [6, 6.07) is 0. The van der Waals surface area contributed by atoms with Gasteiger partial charge in [-0.25, -0.2) is 0 Å². The second-order valence-corrected chi connectivity index (χ2v) is 3.25. The summed E-state index contributed by atoms with van der Waals surface area (Å²) in [5.74, 6) is 0.0445. The molecule has 0 fully saturated rings. The van der Waals surface area contributed by atoms with Crippen molar-refractivity contribution >= 4 is 17.7 Å². The molecule has 12 heavy (non-hydrogen) atoms. The summed E-state index contributed by atoms with van der Waals surface area (Å²) in [6.45, 7) is 0.472. The van der Waals surface area contributed by atoms with Crippen LogP contribution in [-0.2, 0) is 4.79 Å². The van der Waals surface area contributed by atoms with Crippen LogP contribution in [0.5, 0.6) is 0 Å². The second-order valence-electron chi connectivity index (χ2n) is 2.34. The lowest BCUT2D eigenvalue weighted by Crippen LogP contribution is -2.36. The molecule has 0 aliphatic rings. The number of aliphatic hydroxyl groups excluding tert-OH is 2. The largest absolute Gasteiger partial charge is 0.396 e. The van der Waals surface area contributed by atoms with Crippen LogP contribution in [0.1, 0.15) is 6.42 Å². The molecular weight excluding hydrogens is 178 g/mol. The van der Waals surface area contributed by atoms with Crippen molar-refractivity contribution in [3.05, 3.63) is 0 Å². The van der Waals surface area contributed by atoms with Crippen LogP contribution in [-0.4, -0.2) is 47.4 Å². The maximum Gasteiger partial charge on any atom is 0.249 e. The molecule has 3 N–H and O–H groups in total. The number of aliphatic hydroxyl groups is 2.